The number of aromatic amines is 1. The zero-order valence-electron chi connectivity index (χ0n) is 12.0. The molecular weight excluding hydrogens is 252 g/mol. The van der Waals surface area contributed by atoms with Gasteiger partial charge in [0.25, 0.3) is 5.56 Å². The molecule has 20 heavy (non-hydrogen) atoms. The number of H-pyrrole nitrogens is 1. The van der Waals surface area contributed by atoms with Gasteiger partial charge in [-0.1, -0.05) is 18.6 Å². The fourth-order valence-corrected chi connectivity index (χ4v) is 2.16. The van der Waals surface area contributed by atoms with Crippen molar-refractivity contribution in [3.63, 3.8) is 0 Å². The van der Waals surface area contributed by atoms with E-state index >= 15 is 0 Å². The zero-order valence-corrected chi connectivity index (χ0v) is 12.0. The van der Waals surface area contributed by atoms with Gasteiger partial charge in [-0.15, -0.1) is 0 Å². The summed E-state index contributed by atoms with van der Waals surface area (Å²) in [6.07, 6.45) is 1.73. The summed E-state index contributed by atoms with van der Waals surface area (Å²) < 4.78 is 0. The summed E-state index contributed by atoms with van der Waals surface area (Å²) in [5.74, 6) is -0.00408. The van der Waals surface area contributed by atoms with Gasteiger partial charge in [-0.25, -0.2) is 0 Å². The van der Waals surface area contributed by atoms with E-state index in [9.17, 15) is 9.59 Å². The average molecular weight is 272 g/mol. The Bertz CT molecular complexity index is 674. The highest BCUT2D eigenvalue weighted by Crippen LogP contribution is 2.13. The number of carbonyl (C=O) groups excluding carboxylic acids is 1. The second-order valence-electron chi connectivity index (χ2n) is 5.06. The van der Waals surface area contributed by atoms with E-state index in [1.165, 1.54) is 0 Å². The quantitative estimate of drug-likeness (QED) is 0.877. The van der Waals surface area contributed by atoms with Crippen LogP contribution in [0.15, 0.2) is 29.1 Å². The summed E-state index contributed by atoms with van der Waals surface area (Å²) >= 11 is 0. The molecule has 0 aliphatic carbocycles. The Morgan fingerprint density at radius 2 is 2.10 bits per heavy atom. The number of rotatable bonds is 5. The van der Waals surface area contributed by atoms with Crippen molar-refractivity contribution < 1.29 is 4.79 Å². The standard InChI is InChI=1S/C16H20N2O2/c1-3-8-17-15(19)7-5-12-10-13-9-11(2)4-6-14(13)18-16(12)20/h4,6,9-10H,3,5,7-8H2,1-2H3,(H,17,19)(H,18,20). The predicted molar refractivity (Wildman–Crippen MR) is 80.9 cm³/mol. The molecule has 4 nitrogen and oxygen atoms in total. The lowest BCUT2D eigenvalue weighted by Crippen LogP contribution is -2.25. The number of carbonyl (C=O) groups is 1. The lowest BCUT2D eigenvalue weighted by atomic mass is 10.1. The highest BCUT2D eigenvalue weighted by Gasteiger charge is 2.06. The molecule has 0 saturated heterocycles. The van der Waals surface area contributed by atoms with Gasteiger partial charge in [0.05, 0.1) is 0 Å². The molecule has 0 aliphatic heterocycles. The van der Waals surface area contributed by atoms with Gasteiger partial charge in [-0.05, 0) is 43.4 Å². The van der Waals surface area contributed by atoms with E-state index in [-0.39, 0.29) is 11.5 Å². The highest BCUT2D eigenvalue weighted by atomic mass is 16.1. The third-order valence-corrected chi connectivity index (χ3v) is 3.27. The number of pyridine rings is 1. The van der Waals surface area contributed by atoms with E-state index in [0.717, 1.165) is 22.9 Å². The molecule has 0 radical (unpaired) electrons. The molecule has 0 unspecified atom stereocenters. The SMILES string of the molecule is CCCNC(=O)CCc1cc2cc(C)ccc2[nH]c1=O. The topological polar surface area (TPSA) is 62.0 Å². The van der Waals surface area contributed by atoms with Crippen LogP contribution in [0.5, 0.6) is 0 Å². The predicted octanol–water partition coefficient (Wildman–Crippen LogP) is 2.30. The first-order chi connectivity index (χ1) is 9.60. The maximum atomic E-state index is 12.0. The molecule has 1 heterocycles. The highest BCUT2D eigenvalue weighted by molar-refractivity contribution is 5.80. The number of hydrogen-bond acceptors (Lipinski definition) is 2. The van der Waals surface area contributed by atoms with Crippen LogP contribution in [-0.2, 0) is 11.2 Å². The third kappa shape index (κ3) is 3.47. The van der Waals surface area contributed by atoms with Crippen molar-refractivity contribution in [2.75, 3.05) is 6.54 Å². The molecule has 2 rings (SSSR count). The summed E-state index contributed by atoms with van der Waals surface area (Å²) in [6.45, 7) is 4.71. The molecule has 0 fully saturated rings. The molecule has 0 saturated carbocycles. The van der Waals surface area contributed by atoms with E-state index in [4.69, 9.17) is 0 Å². The Hall–Kier alpha value is -2.10. The number of aryl methyl sites for hydroxylation is 2. The van der Waals surface area contributed by atoms with Crippen molar-refractivity contribution >= 4 is 16.8 Å². The van der Waals surface area contributed by atoms with E-state index in [2.05, 4.69) is 10.3 Å². The van der Waals surface area contributed by atoms with Gasteiger partial charge < -0.3 is 10.3 Å². The smallest absolute Gasteiger partial charge is 0.251 e. The second kappa shape index (κ2) is 6.37. The van der Waals surface area contributed by atoms with Gasteiger partial charge in [-0.3, -0.25) is 9.59 Å². The van der Waals surface area contributed by atoms with Crippen molar-refractivity contribution in [1.29, 1.82) is 0 Å². The second-order valence-corrected chi connectivity index (χ2v) is 5.06. The average Bonchev–Trinajstić information content (AvgIpc) is 2.43. The molecule has 4 heteroatoms. The molecule has 0 bridgehead atoms. The van der Waals surface area contributed by atoms with Gasteiger partial charge in [-0.2, -0.15) is 0 Å². The van der Waals surface area contributed by atoms with Crippen LogP contribution in [0, 0.1) is 6.92 Å². The van der Waals surface area contributed by atoms with Gasteiger partial charge >= 0.3 is 0 Å². The maximum Gasteiger partial charge on any atom is 0.251 e. The van der Waals surface area contributed by atoms with E-state index in [1.807, 2.05) is 38.1 Å². The molecule has 0 spiro atoms. The molecule has 106 valence electrons. The van der Waals surface area contributed by atoms with Crippen LogP contribution in [0.1, 0.15) is 30.9 Å². The van der Waals surface area contributed by atoms with Crippen LogP contribution in [0.2, 0.25) is 0 Å². The molecular formula is C16H20N2O2. The van der Waals surface area contributed by atoms with Crippen LogP contribution in [0.25, 0.3) is 10.9 Å². The van der Waals surface area contributed by atoms with Crippen molar-refractivity contribution in [3.8, 4) is 0 Å². The molecule has 2 N–H and O–H groups in total. The first-order valence-electron chi connectivity index (χ1n) is 6.99. The maximum absolute atomic E-state index is 12.0. The van der Waals surface area contributed by atoms with Crippen LogP contribution < -0.4 is 10.9 Å². The molecule has 1 amide bonds. The van der Waals surface area contributed by atoms with Crippen molar-refractivity contribution in [1.82, 2.24) is 10.3 Å². The molecule has 0 aliphatic rings. The largest absolute Gasteiger partial charge is 0.356 e. The minimum Gasteiger partial charge on any atom is -0.356 e. The lowest BCUT2D eigenvalue weighted by molar-refractivity contribution is -0.121. The van der Waals surface area contributed by atoms with E-state index in [1.54, 1.807) is 0 Å². The number of nitrogens with one attached hydrogen (secondary N) is 2. The Morgan fingerprint density at radius 1 is 1.30 bits per heavy atom. The fourth-order valence-electron chi connectivity index (χ4n) is 2.16. The number of amides is 1. The van der Waals surface area contributed by atoms with Crippen LogP contribution >= 0.6 is 0 Å². The Labute approximate surface area is 118 Å². The molecule has 1 aromatic heterocycles. The van der Waals surface area contributed by atoms with Crippen molar-refractivity contribution in [3.05, 3.63) is 45.7 Å². The summed E-state index contributed by atoms with van der Waals surface area (Å²) in [4.78, 5) is 26.4. The molecule has 0 atom stereocenters. The van der Waals surface area contributed by atoms with Crippen LogP contribution in [0.4, 0.5) is 0 Å². The van der Waals surface area contributed by atoms with E-state index < -0.39 is 0 Å². The van der Waals surface area contributed by atoms with Gasteiger partial charge in [0, 0.05) is 24.0 Å². The fraction of sp³-hybridized carbons (Fsp3) is 0.375. The summed E-state index contributed by atoms with van der Waals surface area (Å²) in [6, 6.07) is 7.79. The first kappa shape index (κ1) is 14.3. The minimum absolute atomic E-state index is 0.00408. The minimum atomic E-state index is -0.107. The van der Waals surface area contributed by atoms with Gasteiger partial charge in [0.15, 0.2) is 0 Å². The summed E-state index contributed by atoms with van der Waals surface area (Å²) in [5.41, 5.74) is 2.54. The number of aromatic nitrogens is 1. The lowest BCUT2D eigenvalue weighted by Gasteiger charge is -2.05. The van der Waals surface area contributed by atoms with Gasteiger partial charge in [0.2, 0.25) is 5.91 Å². The molecule has 2 aromatic rings. The monoisotopic (exact) mass is 272 g/mol. The van der Waals surface area contributed by atoms with E-state index in [0.29, 0.717) is 24.9 Å². The molecule has 1 aromatic carbocycles. The van der Waals surface area contributed by atoms with Crippen LogP contribution in [0.3, 0.4) is 0 Å². The summed E-state index contributed by atoms with van der Waals surface area (Å²) in [7, 11) is 0. The summed E-state index contributed by atoms with van der Waals surface area (Å²) in [5, 5.41) is 3.83. The first-order valence-corrected chi connectivity index (χ1v) is 6.99. The van der Waals surface area contributed by atoms with Crippen molar-refractivity contribution in [2.24, 2.45) is 0 Å². The van der Waals surface area contributed by atoms with Crippen LogP contribution in [-0.4, -0.2) is 17.4 Å². The number of benzene rings is 1. The van der Waals surface area contributed by atoms with Crippen molar-refractivity contribution in [2.45, 2.75) is 33.1 Å². The number of fused-ring (bicyclic) bond motifs is 1. The Balaban J connectivity index is 2.15. The number of hydrogen-bond donors (Lipinski definition) is 2. The van der Waals surface area contributed by atoms with Gasteiger partial charge in [0.1, 0.15) is 0 Å². The third-order valence-electron chi connectivity index (χ3n) is 3.27. The Morgan fingerprint density at radius 3 is 2.85 bits per heavy atom. The zero-order chi connectivity index (χ0) is 14.5. The normalized spacial score (nSPS) is 10.7. The Kier molecular flexibility index (Phi) is 4.56.